The largest absolute Gasteiger partial charge is 0.478 e. The summed E-state index contributed by atoms with van der Waals surface area (Å²) in [5, 5.41) is 0. The lowest BCUT2D eigenvalue weighted by Gasteiger charge is -2.38. The van der Waals surface area contributed by atoms with Gasteiger partial charge >= 0.3 is 0 Å². The van der Waals surface area contributed by atoms with Gasteiger partial charge in [0.1, 0.15) is 36.5 Å². The maximum atomic E-state index is 6.85. The molecule has 6 aromatic rings. The van der Waals surface area contributed by atoms with E-state index < -0.39 is 5.41 Å². The van der Waals surface area contributed by atoms with Crippen LogP contribution in [0.4, 0.5) is 11.4 Å². The van der Waals surface area contributed by atoms with E-state index in [9.17, 15) is 0 Å². The van der Waals surface area contributed by atoms with E-state index in [2.05, 4.69) is 155 Å². The van der Waals surface area contributed by atoms with Crippen molar-refractivity contribution in [2.45, 2.75) is 122 Å². The second-order valence-electron chi connectivity index (χ2n) is 20.2. The Kier molecular flexibility index (Phi) is 13.6. The van der Waals surface area contributed by atoms with Crippen molar-refractivity contribution in [3.8, 4) is 34.1 Å². The monoisotopic (exact) mass is 923 g/mol. The lowest BCUT2D eigenvalue weighted by molar-refractivity contribution is 0.0932. The molecule has 1 aliphatic carbocycles. The highest BCUT2D eigenvalue weighted by Gasteiger charge is 2.49. The summed E-state index contributed by atoms with van der Waals surface area (Å²) in [6, 6.07) is 45.1. The van der Waals surface area contributed by atoms with Gasteiger partial charge in [-0.2, -0.15) is 0 Å². The molecular formula is C61H70N4O4. The van der Waals surface area contributed by atoms with E-state index >= 15 is 0 Å². The molecule has 0 amide bonds. The van der Waals surface area contributed by atoms with E-state index in [0.29, 0.717) is 26.9 Å². The molecule has 4 heterocycles. The Hall–Kier alpha value is -5.96. The molecule has 0 bridgehead atoms. The number of unbranched alkanes of at least 4 members (excludes halogenated alkanes) is 10. The SMILES string of the molecule is CCCCCCCCN1COc2ccc(C3(c4ccc5c(c4)CN(c4ccccc4)CO5)c4cc5c(cc4-c4cc6c(cc43)OCN(c3ccccc3)C6)CN(CCCCCCCC)CO5)cc2C1. The third-order valence-corrected chi connectivity index (χ3v) is 15.5. The smallest absolute Gasteiger partial charge is 0.161 e. The van der Waals surface area contributed by atoms with Gasteiger partial charge in [-0.3, -0.25) is 9.80 Å². The summed E-state index contributed by atoms with van der Waals surface area (Å²) in [4.78, 5) is 9.65. The van der Waals surface area contributed by atoms with Crippen molar-refractivity contribution in [2.24, 2.45) is 0 Å². The van der Waals surface area contributed by atoms with Crippen LogP contribution < -0.4 is 28.7 Å². The summed E-state index contributed by atoms with van der Waals surface area (Å²) in [7, 11) is 0. The number of hydrogen-bond acceptors (Lipinski definition) is 8. The molecule has 5 aliphatic rings. The molecule has 0 spiro atoms. The number of anilines is 2. The zero-order chi connectivity index (χ0) is 46.6. The van der Waals surface area contributed by atoms with Gasteiger partial charge in [0.15, 0.2) is 13.5 Å². The van der Waals surface area contributed by atoms with Crippen molar-refractivity contribution >= 4 is 11.4 Å². The molecule has 1 unspecified atom stereocenters. The van der Waals surface area contributed by atoms with Gasteiger partial charge in [0, 0.05) is 72.9 Å². The zero-order valence-electron chi connectivity index (χ0n) is 41.0. The van der Waals surface area contributed by atoms with Crippen molar-refractivity contribution in [3.05, 3.63) is 166 Å². The topological polar surface area (TPSA) is 49.9 Å². The minimum absolute atomic E-state index is 0.489. The van der Waals surface area contributed by atoms with Crippen LogP contribution in [0.5, 0.6) is 23.0 Å². The van der Waals surface area contributed by atoms with Crippen molar-refractivity contribution in [1.82, 2.24) is 9.80 Å². The maximum absolute atomic E-state index is 6.85. The lowest BCUT2D eigenvalue weighted by atomic mass is 9.66. The fourth-order valence-corrected chi connectivity index (χ4v) is 11.7. The minimum Gasteiger partial charge on any atom is -0.478 e. The van der Waals surface area contributed by atoms with E-state index in [-0.39, 0.29) is 0 Å². The van der Waals surface area contributed by atoms with Crippen LogP contribution >= 0.6 is 0 Å². The number of ether oxygens (including phenoxy) is 4. The number of nitrogens with zero attached hydrogens (tertiary/aromatic N) is 4. The summed E-state index contributed by atoms with van der Waals surface area (Å²) in [5.74, 6) is 3.87. The van der Waals surface area contributed by atoms with Crippen LogP contribution in [0.2, 0.25) is 0 Å². The highest BCUT2D eigenvalue weighted by Crippen LogP contribution is 2.60. The van der Waals surface area contributed by atoms with E-state index in [1.54, 1.807) is 0 Å². The fraction of sp³-hybridized carbons (Fsp3) is 0.410. The van der Waals surface area contributed by atoms with Crippen LogP contribution in [0.15, 0.2) is 121 Å². The molecule has 0 saturated heterocycles. The number of benzene rings is 6. The van der Waals surface area contributed by atoms with Gasteiger partial charge in [-0.15, -0.1) is 0 Å². The van der Waals surface area contributed by atoms with Crippen LogP contribution in [-0.4, -0.2) is 49.8 Å². The van der Waals surface area contributed by atoms with E-state index in [1.165, 1.54) is 133 Å². The van der Waals surface area contributed by atoms with Gasteiger partial charge in [0.2, 0.25) is 0 Å². The van der Waals surface area contributed by atoms with Gasteiger partial charge in [0.05, 0.1) is 5.41 Å². The van der Waals surface area contributed by atoms with Gasteiger partial charge in [0.25, 0.3) is 0 Å². The second kappa shape index (κ2) is 20.6. The first-order chi connectivity index (χ1) is 34.1. The van der Waals surface area contributed by atoms with Crippen molar-refractivity contribution in [3.63, 3.8) is 0 Å². The molecule has 11 rings (SSSR count). The van der Waals surface area contributed by atoms with E-state index in [0.717, 1.165) is 73.6 Å². The quantitative estimate of drug-likeness (QED) is 0.0789. The highest BCUT2D eigenvalue weighted by molar-refractivity contribution is 5.89. The molecule has 6 aromatic carbocycles. The first-order valence-corrected chi connectivity index (χ1v) is 26.3. The first kappa shape index (κ1) is 45.5. The van der Waals surface area contributed by atoms with Crippen LogP contribution in [0.25, 0.3) is 11.1 Å². The molecular weight excluding hydrogens is 853 g/mol. The van der Waals surface area contributed by atoms with Gasteiger partial charge in [-0.25, -0.2) is 0 Å². The Balaban J connectivity index is 1.04. The number of para-hydroxylation sites is 2. The molecule has 8 nitrogen and oxygen atoms in total. The Morgan fingerprint density at radius 2 is 0.797 bits per heavy atom. The summed E-state index contributed by atoms with van der Waals surface area (Å²) in [6.07, 6.45) is 15.4. The molecule has 8 heteroatoms. The molecule has 0 N–H and O–H groups in total. The van der Waals surface area contributed by atoms with Crippen molar-refractivity contribution in [2.75, 3.05) is 49.8 Å². The fourth-order valence-electron chi connectivity index (χ4n) is 11.7. The molecule has 4 aliphatic heterocycles. The molecule has 0 aromatic heterocycles. The number of rotatable bonds is 18. The summed E-state index contributed by atoms with van der Waals surface area (Å²) in [6.45, 7) is 12.2. The third kappa shape index (κ3) is 9.19. The van der Waals surface area contributed by atoms with E-state index in [1.807, 2.05) is 0 Å². The predicted molar refractivity (Wildman–Crippen MR) is 279 cm³/mol. The average Bonchev–Trinajstić information content (AvgIpc) is 3.67. The Labute approximate surface area is 410 Å². The molecule has 0 saturated carbocycles. The normalized spacial score (nSPS) is 18.1. The Bertz CT molecular complexity index is 2730. The Morgan fingerprint density at radius 3 is 1.30 bits per heavy atom. The minimum atomic E-state index is -0.700. The van der Waals surface area contributed by atoms with Crippen LogP contribution in [-0.2, 0) is 31.6 Å². The second-order valence-corrected chi connectivity index (χ2v) is 20.2. The number of hydrogen-bond donors (Lipinski definition) is 0. The lowest BCUT2D eigenvalue weighted by Crippen LogP contribution is -2.35. The van der Waals surface area contributed by atoms with Gasteiger partial charge < -0.3 is 28.7 Å². The van der Waals surface area contributed by atoms with Crippen molar-refractivity contribution < 1.29 is 18.9 Å². The molecule has 69 heavy (non-hydrogen) atoms. The third-order valence-electron chi connectivity index (χ3n) is 15.5. The number of fused-ring (bicyclic) bond motifs is 7. The summed E-state index contributed by atoms with van der Waals surface area (Å²) < 4.78 is 26.8. The van der Waals surface area contributed by atoms with E-state index in [4.69, 9.17) is 18.9 Å². The van der Waals surface area contributed by atoms with Crippen LogP contribution in [0, 0.1) is 0 Å². The van der Waals surface area contributed by atoms with Crippen molar-refractivity contribution in [1.29, 1.82) is 0 Å². The highest BCUT2D eigenvalue weighted by atomic mass is 16.5. The standard InChI is InChI=1S/C61H70N4O4/c1-3-5-7-9-11-19-29-62-37-45-31-49(25-27-57(45)66-41-62)61(50-26-28-58-46(32-50)39-64(43-68-58)51-21-15-13-16-22-51)55-35-59-47(38-63(42-67-59)30-20-12-10-8-6-4-2)33-53(55)54-34-48-40-65(52-23-17-14-18-24-52)44-69-60(48)36-56(54)61/h13-18,21-28,31-36H,3-12,19-20,29-30,37-44H2,1-2H3. The summed E-state index contributed by atoms with van der Waals surface area (Å²) in [5.41, 5.74) is 14.0. The summed E-state index contributed by atoms with van der Waals surface area (Å²) >= 11 is 0. The first-order valence-electron chi connectivity index (χ1n) is 26.3. The molecule has 358 valence electrons. The zero-order valence-corrected chi connectivity index (χ0v) is 41.0. The van der Waals surface area contributed by atoms with Crippen LogP contribution in [0.3, 0.4) is 0 Å². The molecule has 0 radical (unpaired) electrons. The molecule has 0 fully saturated rings. The Morgan fingerprint density at radius 1 is 0.391 bits per heavy atom. The predicted octanol–water partition coefficient (Wildman–Crippen LogP) is 13.8. The van der Waals surface area contributed by atoms with Gasteiger partial charge in [-0.05, 0) is 119 Å². The van der Waals surface area contributed by atoms with Gasteiger partial charge in [-0.1, -0.05) is 127 Å². The average molecular weight is 923 g/mol. The van der Waals surface area contributed by atoms with Crippen LogP contribution in [0.1, 0.15) is 135 Å². The maximum Gasteiger partial charge on any atom is 0.161 e. The molecule has 1 atom stereocenters.